The molecule has 0 atom stereocenters. The average molecular weight is 200 g/mol. The van der Waals surface area contributed by atoms with Crippen LogP contribution in [0.3, 0.4) is 0 Å². The van der Waals surface area contributed by atoms with Crippen molar-refractivity contribution in [2.75, 3.05) is 34.2 Å². The molecular weight excluding hydrogens is 176 g/mol. The fourth-order valence-electron chi connectivity index (χ4n) is 2.04. The van der Waals surface area contributed by atoms with E-state index in [4.69, 9.17) is 0 Å². The van der Waals surface area contributed by atoms with E-state index in [9.17, 15) is 5.11 Å². The van der Waals surface area contributed by atoms with Crippen LogP contribution in [0.25, 0.3) is 0 Å². The SMILES string of the molecule is CN(C)CCN(C)C1CCC(O)CC1. The van der Waals surface area contributed by atoms with E-state index in [0.29, 0.717) is 6.04 Å². The molecule has 14 heavy (non-hydrogen) atoms. The molecule has 1 N–H and O–H groups in total. The Hall–Kier alpha value is -0.120. The number of rotatable bonds is 4. The van der Waals surface area contributed by atoms with Gasteiger partial charge in [-0.15, -0.1) is 0 Å². The van der Waals surface area contributed by atoms with Crippen LogP contribution in [0.5, 0.6) is 0 Å². The van der Waals surface area contributed by atoms with Gasteiger partial charge in [0.1, 0.15) is 0 Å². The molecule has 1 fully saturated rings. The van der Waals surface area contributed by atoms with Gasteiger partial charge in [-0.1, -0.05) is 0 Å². The molecule has 1 aliphatic carbocycles. The van der Waals surface area contributed by atoms with Gasteiger partial charge in [0, 0.05) is 19.1 Å². The summed E-state index contributed by atoms with van der Waals surface area (Å²) in [5.41, 5.74) is 0. The highest BCUT2D eigenvalue weighted by Gasteiger charge is 2.22. The van der Waals surface area contributed by atoms with Crippen molar-refractivity contribution in [2.24, 2.45) is 0 Å². The molecule has 0 spiro atoms. The largest absolute Gasteiger partial charge is 0.393 e. The van der Waals surface area contributed by atoms with E-state index >= 15 is 0 Å². The van der Waals surface area contributed by atoms with Crippen molar-refractivity contribution >= 4 is 0 Å². The first-order valence-corrected chi connectivity index (χ1v) is 5.62. The van der Waals surface area contributed by atoms with Crippen LogP contribution in [0.4, 0.5) is 0 Å². The minimum Gasteiger partial charge on any atom is -0.393 e. The molecule has 0 bridgehead atoms. The summed E-state index contributed by atoms with van der Waals surface area (Å²) in [6, 6.07) is 0.693. The smallest absolute Gasteiger partial charge is 0.0541 e. The second-order valence-electron chi connectivity index (χ2n) is 4.75. The maximum atomic E-state index is 9.40. The summed E-state index contributed by atoms with van der Waals surface area (Å²) < 4.78 is 0. The number of hydrogen-bond acceptors (Lipinski definition) is 3. The highest BCUT2D eigenvalue weighted by molar-refractivity contribution is 4.77. The van der Waals surface area contributed by atoms with Crippen LogP contribution >= 0.6 is 0 Å². The van der Waals surface area contributed by atoms with Crippen molar-refractivity contribution in [3.63, 3.8) is 0 Å². The lowest BCUT2D eigenvalue weighted by Crippen LogP contribution is -2.39. The van der Waals surface area contributed by atoms with Crippen LogP contribution in [-0.2, 0) is 0 Å². The van der Waals surface area contributed by atoms with Gasteiger partial charge in [0.05, 0.1) is 6.10 Å². The van der Waals surface area contributed by atoms with Crippen molar-refractivity contribution in [1.82, 2.24) is 9.80 Å². The van der Waals surface area contributed by atoms with Crippen LogP contribution < -0.4 is 0 Å². The monoisotopic (exact) mass is 200 g/mol. The Morgan fingerprint density at radius 2 is 1.57 bits per heavy atom. The standard InChI is InChI=1S/C11H24N2O/c1-12(2)8-9-13(3)10-4-6-11(14)7-5-10/h10-11,14H,4-9H2,1-3H3. The molecule has 0 aliphatic heterocycles. The summed E-state index contributed by atoms with van der Waals surface area (Å²) in [4.78, 5) is 4.65. The maximum absolute atomic E-state index is 9.40. The Labute approximate surface area is 87.7 Å². The summed E-state index contributed by atoms with van der Waals surface area (Å²) >= 11 is 0. The molecule has 84 valence electrons. The minimum atomic E-state index is -0.0338. The van der Waals surface area contributed by atoms with Gasteiger partial charge in [-0.05, 0) is 46.8 Å². The van der Waals surface area contributed by atoms with E-state index in [1.807, 2.05) is 0 Å². The normalized spacial score (nSPS) is 28.7. The third kappa shape index (κ3) is 3.95. The number of aliphatic hydroxyl groups excluding tert-OH is 1. The molecule has 3 heteroatoms. The molecule has 0 saturated heterocycles. The number of hydrogen-bond donors (Lipinski definition) is 1. The molecular formula is C11H24N2O. The second-order valence-corrected chi connectivity index (χ2v) is 4.75. The Kier molecular flexibility index (Phi) is 4.85. The van der Waals surface area contributed by atoms with E-state index in [0.717, 1.165) is 38.8 Å². The zero-order chi connectivity index (χ0) is 10.6. The molecule has 0 aromatic heterocycles. The fourth-order valence-corrected chi connectivity index (χ4v) is 2.04. The Morgan fingerprint density at radius 1 is 1.00 bits per heavy atom. The molecule has 0 radical (unpaired) electrons. The lowest BCUT2D eigenvalue weighted by atomic mass is 9.92. The zero-order valence-electron chi connectivity index (χ0n) is 9.74. The van der Waals surface area contributed by atoms with Gasteiger partial charge in [0.2, 0.25) is 0 Å². The molecule has 0 aromatic rings. The number of likely N-dealkylation sites (N-methyl/N-ethyl adjacent to an activating group) is 2. The molecule has 0 aromatic carbocycles. The van der Waals surface area contributed by atoms with E-state index in [-0.39, 0.29) is 6.10 Å². The molecule has 1 aliphatic rings. The third-order valence-corrected chi connectivity index (χ3v) is 3.19. The van der Waals surface area contributed by atoms with Gasteiger partial charge in [-0.3, -0.25) is 0 Å². The third-order valence-electron chi connectivity index (χ3n) is 3.19. The Bertz CT molecular complexity index is 153. The predicted octanol–water partition coefficient (Wildman–Crippen LogP) is 0.783. The molecule has 0 unspecified atom stereocenters. The highest BCUT2D eigenvalue weighted by Crippen LogP contribution is 2.21. The molecule has 3 nitrogen and oxygen atoms in total. The van der Waals surface area contributed by atoms with Crippen molar-refractivity contribution < 1.29 is 5.11 Å². The highest BCUT2D eigenvalue weighted by atomic mass is 16.3. The average Bonchev–Trinajstić information content (AvgIpc) is 2.15. The van der Waals surface area contributed by atoms with Crippen LogP contribution in [0, 0.1) is 0 Å². The van der Waals surface area contributed by atoms with Crippen LogP contribution in [0.1, 0.15) is 25.7 Å². The quantitative estimate of drug-likeness (QED) is 0.726. The first kappa shape index (κ1) is 12.0. The van der Waals surface area contributed by atoms with Crippen LogP contribution in [0.15, 0.2) is 0 Å². The van der Waals surface area contributed by atoms with Gasteiger partial charge in [-0.25, -0.2) is 0 Å². The van der Waals surface area contributed by atoms with Crippen LogP contribution in [0.2, 0.25) is 0 Å². The number of aliphatic hydroxyl groups is 1. The van der Waals surface area contributed by atoms with Crippen molar-refractivity contribution in [2.45, 2.75) is 37.8 Å². The molecule has 1 saturated carbocycles. The topological polar surface area (TPSA) is 26.7 Å². The first-order valence-electron chi connectivity index (χ1n) is 5.62. The molecule has 0 amide bonds. The van der Waals surface area contributed by atoms with E-state index in [1.165, 1.54) is 0 Å². The summed E-state index contributed by atoms with van der Waals surface area (Å²) in [6.45, 7) is 2.25. The van der Waals surface area contributed by atoms with Crippen LogP contribution in [-0.4, -0.2) is 61.3 Å². The number of nitrogens with zero attached hydrogens (tertiary/aromatic N) is 2. The van der Waals surface area contributed by atoms with E-state index < -0.39 is 0 Å². The maximum Gasteiger partial charge on any atom is 0.0541 e. The molecule has 1 rings (SSSR count). The summed E-state index contributed by atoms with van der Waals surface area (Å²) in [6.07, 6.45) is 4.25. The van der Waals surface area contributed by atoms with Crippen molar-refractivity contribution in [1.29, 1.82) is 0 Å². The van der Waals surface area contributed by atoms with Gasteiger partial charge in [0.25, 0.3) is 0 Å². The summed E-state index contributed by atoms with van der Waals surface area (Å²) in [5, 5.41) is 9.40. The predicted molar refractivity (Wildman–Crippen MR) is 59.4 cm³/mol. The minimum absolute atomic E-state index is 0.0338. The summed E-state index contributed by atoms with van der Waals surface area (Å²) in [5.74, 6) is 0. The molecule has 0 heterocycles. The Morgan fingerprint density at radius 3 is 2.07 bits per heavy atom. The van der Waals surface area contributed by atoms with Gasteiger partial charge < -0.3 is 14.9 Å². The summed E-state index contributed by atoms with van der Waals surface area (Å²) in [7, 11) is 6.42. The van der Waals surface area contributed by atoms with Gasteiger partial charge >= 0.3 is 0 Å². The lowest BCUT2D eigenvalue weighted by Gasteiger charge is -2.33. The van der Waals surface area contributed by atoms with Gasteiger partial charge in [-0.2, -0.15) is 0 Å². The van der Waals surface area contributed by atoms with Gasteiger partial charge in [0.15, 0.2) is 0 Å². The second kappa shape index (κ2) is 5.69. The zero-order valence-corrected chi connectivity index (χ0v) is 9.74. The first-order chi connectivity index (χ1) is 6.59. The lowest BCUT2D eigenvalue weighted by molar-refractivity contribution is 0.0819. The Balaban J connectivity index is 2.20. The van der Waals surface area contributed by atoms with E-state index in [1.54, 1.807) is 0 Å². The van der Waals surface area contributed by atoms with Crippen molar-refractivity contribution in [3.05, 3.63) is 0 Å². The fraction of sp³-hybridized carbons (Fsp3) is 1.00. The van der Waals surface area contributed by atoms with Crippen molar-refractivity contribution in [3.8, 4) is 0 Å². The van der Waals surface area contributed by atoms with E-state index in [2.05, 4.69) is 30.9 Å².